The van der Waals surface area contributed by atoms with Gasteiger partial charge in [-0.1, -0.05) is 0 Å². The summed E-state index contributed by atoms with van der Waals surface area (Å²) in [7, 11) is -2.48. The summed E-state index contributed by atoms with van der Waals surface area (Å²) in [4.78, 5) is 21.5. The highest BCUT2D eigenvalue weighted by molar-refractivity contribution is 7.87. The highest BCUT2D eigenvalue weighted by Crippen LogP contribution is 2.24. The van der Waals surface area contributed by atoms with Crippen LogP contribution in [0.25, 0.3) is 11.0 Å². The molecule has 4 rings (SSSR count). The minimum absolute atomic E-state index is 0.0578. The van der Waals surface area contributed by atoms with E-state index in [-0.39, 0.29) is 16.6 Å². The zero-order valence-corrected chi connectivity index (χ0v) is 20.4. The lowest BCUT2D eigenvalue weighted by atomic mass is 10.3. The van der Waals surface area contributed by atoms with Gasteiger partial charge in [0, 0.05) is 38.5 Å². The van der Waals surface area contributed by atoms with Gasteiger partial charge >= 0.3 is 16.1 Å². The molecule has 35 heavy (non-hydrogen) atoms. The average Bonchev–Trinajstić information content (AvgIpc) is 3.48. The first-order valence-corrected chi connectivity index (χ1v) is 12.9. The van der Waals surface area contributed by atoms with Crippen molar-refractivity contribution >= 4 is 38.8 Å². The summed E-state index contributed by atoms with van der Waals surface area (Å²) in [6.45, 7) is 4.80. The normalized spacial score (nSPS) is 14.2. The average molecular weight is 503 g/mol. The number of urea groups is 1. The Balaban J connectivity index is 1.35. The predicted octanol–water partition coefficient (Wildman–Crippen LogP) is 2.61. The number of ether oxygens (including phenoxy) is 1. The number of carbonyl (C=O) groups excluding carboxylic acids is 1. The molecule has 2 heterocycles. The quantitative estimate of drug-likeness (QED) is 0.232. The van der Waals surface area contributed by atoms with Crippen molar-refractivity contribution in [1.82, 2.24) is 20.2 Å². The lowest BCUT2D eigenvalue weighted by Crippen LogP contribution is -2.31. The van der Waals surface area contributed by atoms with E-state index in [0.29, 0.717) is 24.2 Å². The molecule has 2 amide bonds. The molecule has 1 aromatic heterocycles. The third-order valence-electron chi connectivity index (χ3n) is 5.58. The Morgan fingerprint density at radius 2 is 1.89 bits per heavy atom. The molecule has 1 aliphatic heterocycles. The van der Waals surface area contributed by atoms with Crippen LogP contribution in [0.3, 0.4) is 0 Å². The van der Waals surface area contributed by atoms with Crippen LogP contribution in [0, 0.1) is 0 Å². The monoisotopic (exact) mass is 502 g/mol. The Kier molecular flexibility index (Phi) is 8.06. The second kappa shape index (κ2) is 11.4. The molecular weight excluding hydrogens is 472 g/mol. The molecule has 0 bridgehead atoms. The largest absolute Gasteiger partial charge is 0.384 e. The van der Waals surface area contributed by atoms with Gasteiger partial charge in [-0.25, -0.2) is 9.78 Å². The number of anilines is 2. The molecular formula is C23H30N6O5S. The number of likely N-dealkylation sites (tertiary alicyclic amines) is 1. The Morgan fingerprint density at radius 3 is 2.63 bits per heavy atom. The zero-order chi connectivity index (χ0) is 24.7. The Labute approximate surface area is 204 Å². The van der Waals surface area contributed by atoms with E-state index in [4.69, 9.17) is 8.92 Å². The van der Waals surface area contributed by atoms with Gasteiger partial charge in [0.05, 0.1) is 17.6 Å². The maximum atomic E-state index is 12.8. The number of methoxy groups -OCH3 is 1. The third kappa shape index (κ3) is 6.84. The number of fused-ring (bicyclic) bond motifs is 1. The topological polar surface area (TPSA) is 138 Å². The highest BCUT2D eigenvalue weighted by Gasteiger charge is 2.18. The number of benzene rings is 2. The molecule has 0 saturated carbocycles. The number of rotatable bonds is 11. The van der Waals surface area contributed by atoms with E-state index in [1.807, 2.05) is 0 Å². The summed E-state index contributed by atoms with van der Waals surface area (Å²) in [6.07, 6.45) is 2.51. The van der Waals surface area contributed by atoms with Crippen LogP contribution < -0.4 is 20.1 Å². The minimum Gasteiger partial charge on any atom is -0.384 e. The number of nitrogens with one attached hydrogen (secondary N) is 4. The van der Waals surface area contributed by atoms with Gasteiger partial charge in [0.1, 0.15) is 10.6 Å². The number of carbonyl (C=O) groups is 1. The minimum atomic E-state index is -4.02. The summed E-state index contributed by atoms with van der Waals surface area (Å²) >= 11 is 0. The first-order valence-electron chi connectivity index (χ1n) is 11.5. The van der Waals surface area contributed by atoms with Crippen molar-refractivity contribution in [1.29, 1.82) is 0 Å². The second-order valence-electron chi connectivity index (χ2n) is 8.18. The molecule has 2 aromatic carbocycles. The van der Waals surface area contributed by atoms with Gasteiger partial charge in [-0.2, -0.15) is 8.42 Å². The smallest absolute Gasteiger partial charge is 0.339 e. The molecule has 0 atom stereocenters. The van der Waals surface area contributed by atoms with Crippen molar-refractivity contribution in [2.75, 3.05) is 57.1 Å². The number of aromatic amines is 1. The van der Waals surface area contributed by atoms with Crippen molar-refractivity contribution in [3.63, 3.8) is 0 Å². The summed E-state index contributed by atoms with van der Waals surface area (Å²) in [5, 5.41) is 8.52. The van der Waals surface area contributed by atoms with Gasteiger partial charge in [0.15, 0.2) is 0 Å². The van der Waals surface area contributed by atoms with E-state index >= 15 is 0 Å². The van der Waals surface area contributed by atoms with E-state index in [1.165, 1.54) is 37.1 Å². The summed E-state index contributed by atoms with van der Waals surface area (Å²) < 4.78 is 35.7. The number of imidazole rings is 1. The number of aromatic nitrogens is 2. The predicted molar refractivity (Wildman–Crippen MR) is 133 cm³/mol. The van der Waals surface area contributed by atoms with Gasteiger partial charge in [0.25, 0.3) is 0 Å². The number of hydrogen-bond donors (Lipinski definition) is 4. The fourth-order valence-electron chi connectivity index (χ4n) is 3.80. The Morgan fingerprint density at radius 1 is 1.11 bits per heavy atom. The van der Waals surface area contributed by atoms with Crippen molar-refractivity contribution in [3.05, 3.63) is 42.5 Å². The van der Waals surface area contributed by atoms with Crippen LogP contribution in [0.4, 0.5) is 16.4 Å². The first kappa shape index (κ1) is 24.8. The second-order valence-corrected chi connectivity index (χ2v) is 9.72. The van der Waals surface area contributed by atoms with E-state index in [9.17, 15) is 13.2 Å². The highest BCUT2D eigenvalue weighted by atomic mass is 32.2. The molecule has 11 nitrogen and oxygen atoms in total. The van der Waals surface area contributed by atoms with Crippen molar-refractivity contribution < 1.29 is 22.1 Å². The molecule has 3 aromatic rings. The van der Waals surface area contributed by atoms with Crippen molar-refractivity contribution in [3.8, 4) is 5.75 Å². The number of H-pyrrole nitrogens is 1. The van der Waals surface area contributed by atoms with Crippen molar-refractivity contribution in [2.24, 2.45) is 0 Å². The van der Waals surface area contributed by atoms with Crippen LogP contribution >= 0.6 is 0 Å². The van der Waals surface area contributed by atoms with Crippen LogP contribution in [0.5, 0.6) is 5.75 Å². The summed E-state index contributed by atoms with van der Waals surface area (Å²) in [6, 6.07) is 10.7. The first-order chi connectivity index (χ1) is 16.9. The SMILES string of the molecule is COCCNC(=O)Nc1nc2ccc(OS(=O)(=O)c3ccc(NCCN4CCCC4)cc3)cc2[nH]1. The van der Waals surface area contributed by atoms with Crippen LogP contribution in [0.1, 0.15) is 12.8 Å². The van der Waals surface area contributed by atoms with Crippen LogP contribution in [-0.2, 0) is 14.9 Å². The van der Waals surface area contributed by atoms with Crippen LogP contribution in [0.2, 0.25) is 0 Å². The van der Waals surface area contributed by atoms with E-state index < -0.39 is 16.1 Å². The maximum absolute atomic E-state index is 12.8. The molecule has 0 aliphatic carbocycles. The standard InChI is InChI=1S/C23H30N6O5S/c1-33-15-11-25-23(30)28-22-26-20-9-6-18(16-21(20)27-22)34-35(31,32)19-7-4-17(5-8-19)24-10-14-29-12-2-3-13-29/h4-9,16,24H,2-3,10-15H2,1H3,(H3,25,26,27,28,30). The maximum Gasteiger partial charge on any atom is 0.339 e. The number of amides is 2. The number of nitrogens with zero attached hydrogens (tertiary/aromatic N) is 2. The molecule has 1 fully saturated rings. The fourth-order valence-corrected chi connectivity index (χ4v) is 4.72. The lowest BCUT2D eigenvalue weighted by molar-refractivity contribution is 0.198. The molecule has 188 valence electrons. The lowest BCUT2D eigenvalue weighted by Gasteiger charge is -2.15. The van der Waals surface area contributed by atoms with Crippen LogP contribution in [0.15, 0.2) is 47.4 Å². The van der Waals surface area contributed by atoms with Gasteiger partial charge in [-0.15, -0.1) is 0 Å². The molecule has 4 N–H and O–H groups in total. The van der Waals surface area contributed by atoms with Crippen molar-refractivity contribution in [2.45, 2.75) is 17.7 Å². The van der Waals surface area contributed by atoms with Gasteiger partial charge in [-0.3, -0.25) is 5.32 Å². The summed E-state index contributed by atoms with van der Waals surface area (Å²) in [5.41, 5.74) is 1.92. The van der Waals surface area contributed by atoms with Gasteiger partial charge in [-0.05, 0) is 62.3 Å². The van der Waals surface area contributed by atoms with Crippen LogP contribution in [-0.4, -0.2) is 75.8 Å². The van der Waals surface area contributed by atoms with E-state index in [2.05, 4.69) is 30.8 Å². The third-order valence-corrected chi connectivity index (χ3v) is 6.84. The van der Waals surface area contributed by atoms with Gasteiger partial charge < -0.3 is 29.4 Å². The zero-order valence-electron chi connectivity index (χ0n) is 19.5. The molecule has 0 unspecified atom stereocenters. The summed E-state index contributed by atoms with van der Waals surface area (Å²) in [5.74, 6) is 0.354. The molecule has 1 saturated heterocycles. The molecule has 0 spiro atoms. The molecule has 1 aliphatic rings. The molecule has 0 radical (unpaired) electrons. The molecule has 12 heteroatoms. The Hall–Kier alpha value is -3.35. The van der Waals surface area contributed by atoms with E-state index in [0.717, 1.165) is 31.9 Å². The Bertz CT molecular complexity index is 1240. The van der Waals surface area contributed by atoms with Gasteiger partial charge in [0.2, 0.25) is 5.95 Å². The fraction of sp³-hybridized carbons (Fsp3) is 0.391. The van der Waals surface area contributed by atoms with E-state index in [1.54, 1.807) is 25.3 Å². The number of hydrogen-bond acceptors (Lipinski definition) is 8.